The predicted octanol–water partition coefficient (Wildman–Crippen LogP) is 5.03. The van der Waals surface area contributed by atoms with Gasteiger partial charge in [0.25, 0.3) is 0 Å². The minimum Gasteiger partial charge on any atom is -0.329 e. The van der Waals surface area contributed by atoms with E-state index >= 15 is 0 Å². The van der Waals surface area contributed by atoms with Crippen molar-refractivity contribution in [2.45, 2.75) is 33.9 Å². The Kier molecular flexibility index (Phi) is 4.33. The largest absolute Gasteiger partial charge is 0.329 e. The fourth-order valence-corrected chi connectivity index (χ4v) is 3.18. The minimum atomic E-state index is -0.0202. The number of hydrogen-bond acceptors (Lipinski definition) is 1. The Hall–Kier alpha value is -2.35. The average Bonchev–Trinajstić information content (AvgIpc) is 2.76. The smallest absolute Gasteiger partial charge is 0.113 e. The SMILES string of the molecule is CC1=CC(C)(C)C(=NCc2ccccc2)N1Cc1ccccc1. The van der Waals surface area contributed by atoms with Crippen molar-refractivity contribution < 1.29 is 0 Å². The summed E-state index contributed by atoms with van der Waals surface area (Å²) in [5, 5.41) is 0. The number of allylic oxidation sites excluding steroid dienone is 1. The number of aliphatic imine (C=N–C) groups is 1. The van der Waals surface area contributed by atoms with Crippen molar-refractivity contribution >= 4 is 5.84 Å². The van der Waals surface area contributed by atoms with Crippen LogP contribution in [0, 0.1) is 5.41 Å². The van der Waals surface area contributed by atoms with Crippen LogP contribution in [0.3, 0.4) is 0 Å². The Morgan fingerprint density at radius 3 is 2.04 bits per heavy atom. The van der Waals surface area contributed by atoms with E-state index in [9.17, 15) is 0 Å². The van der Waals surface area contributed by atoms with E-state index in [1.54, 1.807) is 0 Å². The van der Waals surface area contributed by atoms with Gasteiger partial charge in [-0.15, -0.1) is 0 Å². The van der Waals surface area contributed by atoms with Crippen LogP contribution in [0.1, 0.15) is 31.9 Å². The lowest BCUT2D eigenvalue weighted by atomic mass is 9.93. The van der Waals surface area contributed by atoms with Crippen molar-refractivity contribution in [3.8, 4) is 0 Å². The first-order valence-corrected chi connectivity index (χ1v) is 8.16. The van der Waals surface area contributed by atoms with Gasteiger partial charge >= 0.3 is 0 Å². The lowest BCUT2D eigenvalue weighted by Gasteiger charge is -2.27. The third-order valence-corrected chi connectivity index (χ3v) is 4.27. The summed E-state index contributed by atoms with van der Waals surface area (Å²) in [6, 6.07) is 21.0. The first-order valence-electron chi connectivity index (χ1n) is 8.16. The maximum atomic E-state index is 4.96. The van der Waals surface area contributed by atoms with Gasteiger partial charge in [-0.1, -0.05) is 66.7 Å². The summed E-state index contributed by atoms with van der Waals surface area (Å²) in [7, 11) is 0. The molecule has 0 radical (unpaired) electrons. The second-order valence-corrected chi connectivity index (χ2v) is 6.70. The number of hydrogen-bond donors (Lipinski definition) is 0. The molecule has 0 atom stereocenters. The van der Waals surface area contributed by atoms with E-state index in [-0.39, 0.29) is 5.41 Å². The molecular weight excluding hydrogens is 280 g/mol. The van der Waals surface area contributed by atoms with Crippen molar-refractivity contribution in [3.05, 3.63) is 83.6 Å². The lowest BCUT2D eigenvalue weighted by molar-refractivity contribution is 0.491. The number of amidine groups is 1. The zero-order chi connectivity index (χ0) is 16.3. The quantitative estimate of drug-likeness (QED) is 0.773. The average molecular weight is 304 g/mol. The highest BCUT2D eigenvalue weighted by Crippen LogP contribution is 2.34. The molecule has 0 fully saturated rings. The molecule has 1 aliphatic heterocycles. The van der Waals surface area contributed by atoms with Crippen LogP contribution in [0.4, 0.5) is 0 Å². The van der Waals surface area contributed by atoms with Crippen LogP contribution in [0.25, 0.3) is 0 Å². The Labute approximate surface area is 139 Å². The van der Waals surface area contributed by atoms with Crippen LogP contribution in [-0.4, -0.2) is 10.7 Å². The molecule has 0 aromatic heterocycles. The summed E-state index contributed by atoms with van der Waals surface area (Å²) < 4.78 is 0. The molecule has 118 valence electrons. The van der Waals surface area contributed by atoms with Gasteiger partial charge in [-0.25, -0.2) is 0 Å². The first-order chi connectivity index (χ1) is 11.1. The summed E-state index contributed by atoms with van der Waals surface area (Å²) in [6.07, 6.45) is 2.32. The molecule has 2 nitrogen and oxygen atoms in total. The van der Waals surface area contributed by atoms with Crippen LogP contribution >= 0.6 is 0 Å². The van der Waals surface area contributed by atoms with Gasteiger partial charge < -0.3 is 4.90 Å². The molecule has 3 rings (SSSR count). The molecule has 23 heavy (non-hydrogen) atoms. The fraction of sp³-hybridized carbons (Fsp3) is 0.286. The van der Waals surface area contributed by atoms with Gasteiger partial charge in [0.15, 0.2) is 0 Å². The minimum absolute atomic E-state index is 0.0202. The molecule has 0 aliphatic carbocycles. The van der Waals surface area contributed by atoms with Gasteiger partial charge in [-0.2, -0.15) is 0 Å². The van der Waals surface area contributed by atoms with Crippen molar-refractivity contribution in [1.82, 2.24) is 4.90 Å². The third kappa shape index (κ3) is 3.53. The van der Waals surface area contributed by atoms with E-state index in [0.717, 1.165) is 18.9 Å². The molecule has 1 heterocycles. The van der Waals surface area contributed by atoms with Gasteiger partial charge in [0.05, 0.1) is 6.54 Å². The van der Waals surface area contributed by atoms with E-state index < -0.39 is 0 Å². The van der Waals surface area contributed by atoms with E-state index in [0.29, 0.717) is 0 Å². The zero-order valence-electron chi connectivity index (χ0n) is 14.2. The number of benzene rings is 2. The summed E-state index contributed by atoms with van der Waals surface area (Å²) in [4.78, 5) is 7.31. The molecule has 2 aromatic rings. The van der Waals surface area contributed by atoms with E-state index in [2.05, 4.69) is 86.3 Å². The molecule has 1 aliphatic rings. The van der Waals surface area contributed by atoms with Crippen LogP contribution in [-0.2, 0) is 13.1 Å². The van der Waals surface area contributed by atoms with Crippen LogP contribution in [0.5, 0.6) is 0 Å². The van der Waals surface area contributed by atoms with Crippen molar-refractivity contribution in [2.75, 3.05) is 0 Å². The van der Waals surface area contributed by atoms with E-state index in [1.807, 2.05) is 6.07 Å². The molecule has 0 amide bonds. The maximum absolute atomic E-state index is 4.96. The zero-order valence-corrected chi connectivity index (χ0v) is 14.2. The molecule has 0 bridgehead atoms. The highest BCUT2D eigenvalue weighted by atomic mass is 15.2. The van der Waals surface area contributed by atoms with Gasteiger partial charge in [-0.05, 0) is 31.9 Å². The monoisotopic (exact) mass is 304 g/mol. The van der Waals surface area contributed by atoms with E-state index in [4.69, 9.17) is 4.99 Å². The molecule has 2 aromatic carbocycles. The molecule has 2 heteroatoms. The van der Waals surface area contributed by atoms with Crippen molar-refractivity contribution in [3.63, 3.8) is 0 Å². The van der Waals surface area contributed by atoms with Gasteiger partial charge in [0.2, 0.25) is 0 Å². The second-order valence-electron chi connectivity index (χ2n) is 6.70. The second kappa shape index (κ2) is 6.41. The highest BCUT2D eigenvalue weighted by molar-refractivity contribution is 5.93. The van der Waals surface area contributed by atoms with Crippen LogP contribution in [0.15, 0.2) is 77.4 Å². The van der Waals surface area contributed by atoms with E-state index in [1.165, 1.54) is 16.8 Å². The summed E-state index contributed by atoms with van der Waals surface area (Å²) in [5.41, 5.74) is 3.82. The van der Waals surface area contributed by atoms with Crippen molar-refractivity contribution in [1.29, 1.82) is 0 Å². The van der Waals surface area contributed by atoms with Gasteiger partial charge in [0.1, 0.15) is 5.84 Å². The molecule has 0 spiro atoms. The Morgan fingerprint density at radius 2 is 1.43 bits per heavy atom. The van der Waals surface area contributed by atoms with Crippen molar-refractivity contribution in [2.24, 2.45) is 10.4 Å². The van der Waals surface area contributed by atoms with Gasteiger partial charge in [0, 0.05) is 17.7 Å². The predicted molar refractivity (Wildman–Crippen MR) is 97.1 cm³/mol. The topological polar surface area (TPSA) is 15.6 Å². The Balaban J connectivity index is 1.85. The molecule has 0 unspecified atom stereocenters. The maximum Gasteiger partial charge on any atom is 0.113 e. The summed E-state index contributed by atoms with van der Waals surface area (Å²) in [6.45, 7) is 8.26. The molecule has 0 saturated carbocycles. The van der Waals surface area contributed by atoms with Crippen LogP contribution in [0.2, 0.25) is 0 Å². The number of rotatable bonds is 4. The summed E-state index contributed by atoms with van der Waals surface area (Å²) >= 11 is 0. The molecule has 0 saturated heterocycles. The van der Waals surface area contributed by atoms with Crippen LogP contribution < -0.4 is 0 Å². The molecule has 0 N–H and O–H groups in total. The number of nitrogens with zero attached hydrogens (tertiary/aromatic N) is 2. The lowest BCUT2D eigenvalue weighted by Crippen LogP contribution is -2.32. The standard InChI is InChI=1S/C21H24N2/c1-17-14-21(2,3)20(22-15-18-10-6-4-7-11-18)23(17)16-19-12-8-5-9-13-19/h4-14H,15-16H2,1-3H3. The van der Waals surface area contributed by atoms with Gasteiger partial charge in [-0.3, -0.25) is 4.99 Å². The normalized spacial score (nSPS) is 18.3. The third-order valence-electron chi connectivity index (χ3n) is 4.27. The summed E-state index contributed by atoms with van der Waals surface area (Å²) in [5.74, 6) is 1.16. The molecular formula is C21H24N2. The Morgan fingerprint density at radius 1 is 0.870 bits per heavy atom. The first kappa shape index (κ1) is 15.5. The fourth-order valence-electron chi connectivity index (χ4n) is 3.18. The Bertz CT molecular complexity index is 712. The highest BCUT2D eigenvalue weighted by Gasteiger charge is 2.34.